The van der Waals surface area contributed by atoms with Crippen molar-refractivity contribution in [3.8, 4) is 6.07 Å². The number of nitriles is 1. The molecule has 0 atom stereocenters. The van der Waals surface area contributed by atoms with Crippen molar-refractivity contribution in [1.29, 1.82) is 5.26 Å². The Labute approximate surface area is 112 Å². The molecule has 2 aromatic rings. The third kappa shape index (κ3) is 3.11. The summed E-state index contributed by atoms with van der Waals surface area (Å²) >= 11 is 0.917. The fraction of sp³-hybridized carbons (Fsp3) is 0. The maximum Gasteiger partial charge on any atom is 0.283 e. The van der Waals surface area contributed by atoms with Crippen LogP contribution in [0.5, 0.6) is 0 Å². The summed E-state index contributed by atoms with van der Waals surface area (Å²) in [5.74, 6) is -1.01. The Morgan fingerprint density at radius 1 is 1.26 bits per heavy atom. The van der Waals surface area contributed by atoms with Gasteiger partial charge in [0.25, 0.3) is 11.8 Å². The van der Waals surface area contributed by atoms with Crippen LogP contribution in [0.4, 0.5) is 0 Å². The van der Waals surface area contributed by atoms with Gasteiger partial charge in [-0.2, -0.15) is 5.26 Å². The molecule has 8 heteroatoms. The molecule has 2 N–H and O–H groups in total. The van der Waals surface area contributed by atoms with Gasteiger partial charge in [0, 0.05) is 5.56 Å². The molecule has 7 nitrogen and oxygen atoms in total. The Morgan fingerprint density at radius 2 is 2.05 bits per heavy atom. The minimum absolute atomic E-state index is 0.279. The molecule has 0 spiro atoms. The lowest BCUT2D eigenvalue weighted by Gasteiger charge is -2.05. The maximum atomic E-state index is 11.7. The van der Waals surface area contributed by atoms with Crippen molar-refractivity contribution < 1.29 is 9.59 Å². The van der Waals surface area contributed by atoms with Crippen LogP contribution in [-0.4, -0.2) is 21.4 Å². The molecule has 1 aromatic heterocycles. The first-order valence-corrected chi connectivity index (χ1v) is 5.86. The SMILES string of the molecule is N#Cc1cccc(C(=O)NNC(=O)c2cnns2)c1. The van der Waals surface area contributed by atoms with Crippen molar-refractivity contribution in [3.63, 3.8) is 0 Å². The Balaban J connectivity index is 1.98. The number of benzene rings is 1. The number of carbonyl (C=O) groups excluding carboxylic acids is 2. The van der Waals surface area contributed by atoms with Crippen molar-refractivity contribution >= 4 is 23.3 Å². The molecule has 19 heavy (non-hydrogen) atoms. The summed E-state index contributed by atoms with van der Waals surface area (Å²) < 4.78 is 3.53. The summed E-state index contributed by atoms with van der Waals surface area (Å²) in [7, 11) is 0. The number of aromatic nitrogens is 2. The van der Waals surface area contributed by atoms with Crippen LogP contribution in [0.15, 0.2) is 30.5 Å². The van der Waals surface area contributed by atoms with Gasteiger partial charge >= 0.3 is 0 Å². The van der Waals surface area contributed by atoms with E-state index in [1.165, 1.54) is 18.3 Å². The minimum atomic E-state index is -0.511. The van der Waals surface area contributed by atoms with Crippen LogP contribution < -0.4 is 10.9 Å². The molecule has 0 saturated heterocycles. The predicted molar refractivity (Wildman–Crippen MR) is 66.0 cm³/mol. The van der Waals surface area contributed by atoms with Crippen LogP contribution in [-0.2, 0) is 0 Å². The van der Waals surface area contributed by atoms with Crippen LogP contribution in [0.3, 0.4) is 0 Å². The third-order valence-electron chi connectivity index (χ3n) is 2.13. The summed E-state index contributed by atoms with van der Waals surface area (Å²) in [6.07, 6.45) is 1.29. The average Bonchev–Trinajstić information content (AvgIpc) is 2.98. The van der Waals surface area contributed by atoms with Crippen molar-refractivity contribution in [2.24, 2.45) is 0 Å². The quantitative estimate of drug-likeness (QED) is 0.774. The van der Waals surface area contributed by atoms with E-state index in [9.17, 15) is 9.59 Å². The van der Waals surface area contributed by atoms with Gasteiger partial charge in [0.05, 0.1) is 17.8 Å². The normalized spacial score (nSPS) is 9.42. The molecule has 1 heterocycles. The minimum Gasteiger partial charge on any atom is -0.267 e. The van der Waals surface area contributed by atoms with E-state index in [4.69, 9.17) is 5.26 Å². The summed E-state index contributed by atoms with van der Waals surface area (Å²) in [6.45, 7) is 0. The molecule has 1 aromatic carbocycles. The maximum absolute atomic E-state index is 11.7. The van der Waals surface area contributed by atoms with Crippen LogP contribution >= 0.6 is 11.5 Å². The molecule has 0 unspecified atom stereocenters. The number of amides is 2. The number of hydrazine groups is 1. The van der Waals surface area contributed by atoms with E-state index in [1.807, 2.05) is 6.07 Å². The van der Waals surface area contributed by atoms with E-state index >= 15 is 0 Å². The Morgan fingerprint density at radius 3 is 2.74 bits per heavy atom. The lowest BCUT2D eigenvalue weighted by atomic mass is 10.1. The average molecular weight is 273 g/mol. The summed E-state index contributed by atoms with van der Waals surface area (Å²) in [5, 5.41) is 12.2. The van der Waals surface area contributed by atoms with E-state index in [-0.39, 0.29) is 10.4 Å². The number of hydrogen-bond acceptors (Lipinski definition) is 6. The van der Waals surface area contributed by atoms with Crippen molar-refractivity contribution in [2.75, 3.05) is 0 Å². The molecule has 94 valence electrons. The smallest absolute Gasteiger partial charge is 0.267 e. The molecule has 0 aliphatic carbocycles. The second-order valence-electron chi connectivity index (χ2n) is 3.38. The molecule has 0 radical (unpaired) electrons. The molecule has 0 saturated carbocycles. The Bertz CT molecular complexity index is 647. The molecule has 0 bridgehead atoms. The van der Waals surface area contributed by atoms with Gasteiger partial charge in [0.1, 0.15) is 4.88 Å². The second-order valence-corrected chi connectivity index (χ2v) is 4.17. The highest BCUT2D eigenvalue weighted by Crippen LogP contribution is 2.04. The number of hydrogen-bond donors (Lipinski definition) is 2. The van der Waals surface area contributed by atoms with Crippen LogP contribution in [0.2, 0.25) is 0 Å². The van der Waals surface area contributed by atoms with Gasteiger partial charge < -0.3 is 0 Å². The lowest BCUT2D eigenvalue weighted by molar-refractivity contribution is 0.0849. The Kier molecular flexibility index (Phi) is 3.80. The van der Waals surface area contributed by atoms with Gasteiger partial charge in [-0.05, 0) is 29.7 Å². The van der Waals surface area contributed by atoms with Gasteiger partial charge in [-0.1, -0.05) is 10.6 Å². The topological polar surface area (TPSA) is 108 Å². The first-order valence-electron chi connectivity index (χ1n) is 5.09. The van der Waals surface area contributed by atoms with Crippen LogP contribution in [0, 0.1) is 11.3 Å². The predicted octanol–water partition coefficient (Wildman–Crippen LogP) is 0.485. The van der Waals surface area contributed by atoms with Crippen LogP contribution in [0.25, 0.3) is 0 Å². The lowest BCUT2D eigenvalue weighted by Crippen LogP contribution is -2.41. The van der Waals surface area contributed by atoms with E-state index in [2.05, 4.69) is 20.4 Å². The first-order chi connectivity index (χ1) is 9.20. The largest absolute Gasteiger partial charge is 0.283 e. The first kappa shape index (κ1) is 12.7. The van der Waals surface area contributed by atoms with E-state index in [0.717, 1.165) is 11.5 Å². The second kappa shape index (κ2) is 5.70. The highest BCUT2D eigenvalue weighted by Gasteiger charge is 2.11. The van der Waals surface area contributed by atoms with Gasteiger partial charge in [-0.15, -0.1) is 5.10 Å². The third-order valence-corrected chi connectivity index (χ3v) is 2.79. The van der Waals surface area contributed by atoms with Crippen molar-refractivity contribution in [1.82, 2.24) is 20.4 Å². The summed E-state index contributed by atoms with van der Waals surface area (Å²) in [4.78, 5) is 23.5. The fourth-order valence-corrected chi connectivity index (χ4v) is 1.65. The molecule has 2 amide bonds. The molecule has 0 fully saturated rings. The summed E-state index contributed by atoms with van der Waals surface area (Å²) in [6, 6.07) is 8.06. The highest BCUT2D eigenvalue weighted by atomic mass is 32.1. The van der Waals surface area contributed by atoms with Gasteiger partial charge in [0.15, 0.2) is 0 Å². The van der Waals surface area contributed by atoms with Gasteiger partial charge in [-0.3, -0.25) is 20.4 Å². The molecule has 0 aliphatic heterocycles. The number of rotatable bonds is 2. The molecular weight excluding hydrogens is 266 g/mol. The highest BCUT2D eigenvalue weighted by molar-refractivity contribution is 7.07. The zero-order valence-corrected chi connectivity index (χ0v) is 10.3. The van der Waals surface area contributed by atoms with Gasteiger partial charge in [0.2, 0.25) is 0 Å². The molecular formula is C11H7N5O2S. The Hall–Kier alpha value is -2.79. The van der Waals surface area contributed by atoms with E-state index in [1.54, 1.807) is 12.1 Å². The standard InChI is InChI=1S/C11H7N5O2S/c12-5-7-2-1-3-8(4-7)10(17)14-15-11(18)9-6-13-16-19-9/h1-4,6H,(H,14,17)(H,15,18). The number of nitrogens with one attached hydrogen (secondary N) is 2. The zero-order chi connectivity index (χ0) is 13.7. The zero-order valence-electron chi connectivity index (χ0n) is 9.45. The van der Waals surface area contributed by atoms with Gasteiger partial charge in [-0.25, -0.2) is 0 Å². The fourth-order valence-electron chi connectivity index (χ4n) is 1.24. The number of carbonyl (C=O) groups is 2. The molecule has 2 rings (SSSR count). The van der Waals surface area contributed by atoms with E-state index < -0.39 is 11.8 Å². The monoisotopic (exact) mass is 273 g/mol. The van der Waals surface area contributed by atoms with Crippen molar-refractivity contribution in [2.45, 2.75) is 0 Å². The van der Waals surface area contributed by atoms with Crippen LogP contribution in [0.1, 0.15) is 25.6 Å². The van der Waals surface area contributed by atoms with Crippen molar-refractivity contribution in [3.05, 3.63) is 46.5 Å². The molecule has 0 aliphatic rings. The number of nitrogens with zero attached hydrogens (tertiary/aromatic N) is 3. The van der Waals surface area contributed by atoms with E-state index in [0.29, 0.717) is 5.56 Å². The summed E-state index contributed by atoms with van der Waals surface area (Å²) in [5.41, 5.74) is 5.12.